The summed E-state index contributed by atoms with van der Waals surface area (Å²) >= 11 is 2.95. The molecule has 1 unspecified atom stereocenters. The molecule has 0 fully saturated rings. The van der Waals surface area contributed by atoms with Gasteiger partial charge in [-0.1, -0.05) is 0 Å². The molecule has 1 N–H and O–H groups in total. The summed E-state index contributed by atoms with van der Waals surface area (Å²) in [4.78, 5) is -0.166. The van der Waals surface area contributed by atoms with E-state index in [-0.39, 0.29) is 22.5 Å². The van der Waals surface area contributed by atoms with Crippen LogP contribution in [0.15, 0.2) is 27.6 Å². The van der Waals surface area contributed by atoms with Crippen LogP contribution in [0.3, 0.4) is 0 Å². The highest BCUT2D eigenvalue weighted by Crippen LogP contribution is 2.21. The average molecular weight is 356 g/mol. The molecule has 8 heteroatoms. The molecule has 0 aliphatic carbocycles. The van der Waals surface area contributed by atoms with Crippen molar-refractivity contribution in [2.75, 3.05) is 27.3 Å². The number of ether oxygens (including phenoxy) is 1. The van der Waals surface area contributed by atoms with Crippen molar-refractivity contribution in [2.24, 2.45) is 0 Å². The van der Waals surface area contributed by atoms with Crippen molar-refractivity contribution in [3.05, 3.63) is 28.5 Å². The van der Waals surface area contributed by atoms with Gasteiger partial charge in [-0.3, -0.25) is 0 Å². The quantitative estimate of drug-likeness (QED) is 0.832. The lowest BCUT2D eigenvalue weighted by Gasteiger charge is -2.20. The van der Waals surface area contributed by atoms with Crippen LogP contribution in [-0.4, -0.2) is 51.2 Å². The monoisotopic (exact) mass is 355 g/mol. The molecular weight excluding hydrogens is 341 g/mol. The minimum absolute atomic E-state index is 0.0224. The number of nitrogens with zero attached hydrogens (tertiary/aromatic N) is 1. The molecule has 5 nitrogen and oxygen atoms in total. The summed E-state index contributed by atoms with van der Waals surface area (Å²) in [6, 6.07) is 3.54. The summed E-state index contributed by atoms with van der Waals surface area (Å²) < 4.78 is 43.5. The van der Waals surface area contributed by atoms with Crippen LogP contribution in [0.5, 0.6) is 0 Å². The molecule has 0 aromatic heterocycles. The van der Waals surface area contributed by atoms with Gasteiger partial charge in [-0.05, 0) is 34.1 Å². The predicted octanol–water partition coefficient (Wildman–Crippen LogP) is 1.22. The van der Waals surface area contributed by atoms with Crippen LogP contribution in [0.1, 0.15) is 0 Å². The number of aliphatic hydroxyl groups excluding tert-OH is 1. The van der Waals surface area contributed by atoms with Gasteiger partial charge in [0.25, 0.3) is 0 Å². The number of rotatable bonds is 6. The Morgan fingerprint density at radius 1 is 1.53 bits per heavy atom. The number of benzene rings is 1. The van der Waals surface area contributed by atoms with Gasteiger partial charge in [0.1, 0.15) is 5.82 Å². The normalized spacial score (nSPS) is 13.8. The third kappa shape index (κ3) is 4.22. The van der Waals surface area contributed by atoms with Crippen molar-refractivity contribution >= 4 is 26.0 Å². The van der Waals surface area contributed by atoms with Crippen LogP contribution in [0, 0.1) is 5.82 Å². The Morgan fingerprint density at radius 3 is 2.68 bits per heavy atom. The molecule has 0 aliphatic heterocycles. The van der Waals surface area contributed by atoms with E-state index < -0.39 is 21.9 Å². The lowest BCUT2D eigenvalue weighted by Crippen LogP contribution is -2.36. The number of aliphatic hydroxyl groups is 1. The molecule has 1 rings (SSSR count). The Labute approximate surface area is 120 Å². The van der Waals surface area contributed by atoms with E-state index in [0.29, 0.717) is 0 Å². The van der Waals surface area contributed by atoms with Gasteiger partial charge in [-0.15, -0.1) is 0 Å². The highest BCUT2D eigenvalue weighted by Gasteiger charge is 2.23. The Balaban J connectivity index is 2.93. The molecule has 0 spiro atoms. The van der Waals surface area contributed by atoms with Crippen LogP contribution in [0.4, 0.5) is 4.39 Å². The number of halogens is 2. The van der Waals surface area contributed by atoms with Gasteiger partial charge in [0, 0.05) is 20.7 Å². The van der Waals surface area contributed by atoms with Crippen molar-refractivity contribution in [3.63, 3.8) is 0 Å². The SMILES string of the molecule is COCC(O)CN(C)S(=O)(=O)c1ccc(Br)c(F)c1. The van der Waals surface area contributed by atoms with E-state index in [4.69, 9.17) is 4.74 Å². The summed E-state index contributed by atoms with van der Waals surface area (Å²) in [5.41, 5.74) is 0. The first kappa shape index (κ1) is 16.5. The van der Waals surface area contributed by atoms with Crippen molar-refractivity contribution in [2.45, 2.75) is 11.0 Å². The summed E-state index contributed by atoms with van der Waals surface area (Å²) in [7, 11) is -1.12. The van der Waals surface area contributed by atoms with E-state index in [1.54, 1.807) is 0 Å². The molecule has 0 radical (unpaired) electrons. The number of hydrogen-bond donors (Lipinski definition) is 1. The second kappa shape index (κ2) is 6.76. The molecule has 1 aromatic carbocycles. The Morgan fingerprint density at radius 2 is 2.16 bits per heavy atom. The van der Waals surface area contributed by atoms with Gasteiger partial charge >= 0.3 is 0 Å². The maximum atomic E-state index is 13.4. The van der Waals surface area contributed by atoms with E-state index in [1.807, 2.05) is 0 Å². The molecule has 1 aromatic rings. The van der Waals surface area contributed by atoms with E-state index in [0.717, 1.165) is 10.4 Å². The first-order valence-corrected chi connectivity index (χ1v) is 7.60. The van der Waals surface area contributed by atoms with Gasteiger partial charge in [0.15, 0.2) is 0 Å². The largest absolute Gasteiger partial charge is 0.389 e. The number of likely N-dealkylation sites (N-methyl/N-ethyl adjacent to an activating group) is 1. The molecule has 0 heterocycles. The highest BCUT2D eigenvalue weighted by molar-refractivity contribution is 9.10. The van der Waals surface area contributed by atoms with Crippen molar-refractivity contribution < 1.29 is 22.7 Å². The minimum Gasteiger partial charge on any atom is -0.389 e. The van der Waals surface area contributed by atoms with Gasteiger partial charge in [-0.2, -0.15) is 4.31 Å². The van der Waals surface area contributed by atoms with Crippen molar-refractivity contribution in [1.82, 2.24) is 4.31 Å². The van der Waals surface area contributed by atoms with Crippen molar-refractivity contribution in [3.8, 4) is 0 Å². The van der Waals surface area contributed by atoms with Crippen LogP contribution in [0.25, 0.3) is 0 Å². The fourth-order valence-corrected chi connectivity index (χ4v) is 2.92. The first-order chi connectivity index (χ1) is 8.78. The Hall–Kier alpha value is -0.540. The van der Waals surface area contributed by atoms with Gasteiger partial charge in [-0.25, -0.2) is 12.8 Å². The lowest BCUT2D eigenvalue weighted by molar-refractivity contribution is 0.0554. The summed E-state index contributed by atoms with van der Waals surface area (Å²) in [5, 5.41) is 9.52. The molecule has 0 amide bonds. The maximum absolute atomic E-state index is 13.4. The predicted molar refractivity (Wildman–Crippen MR) is 71.8 cm³/mol. The van der Waals surface area contributed by atoms with Crippen molar-refractivity contribution in [1.29, 1.82) is 0 Å². The van der Waals surface area contributed by atoms with Gasteiger partial charge in [0.2, 0.25) is 10.0 Å². The van der Waals surface area contributed by atoms with Crippen LogP contribution in [-0.2, 0) is 14.8 Å². The molecule has 108 valence electrons. The second-order valence-electron chi connectivity index (χ2n) is 3.97. The topological polar surface area (TPSA) is 66.8 Å². The Kier molecular flexibility index (Phi) is 5.87. The summed E-state index contributed by atoms with van der Waals surface area (Å²) in [6.07, 6.45) is -0.940. The van der Waals surface area contributed by atoms with E-state index >= 15 is 0 Å². The first-order valence-electron chi connectivity index (χ1n) is 5.37. The number of sulfonamides is 1. The third-order valence-electron chi connectivity index (χ3n) is 2.43. The fraction of sp³-hybridized carbons (Fsp3) is 0.455. The summed E-state index contributed by atoms with van der Waals surface area (Å²) in [6.45, 7) is -0.109. The summed E-state index contributed by atoms with van der Waals surface area (Å²) in [5.74, 6) is -0.660. The molecule has 19 heavy (non-hydrogen) atoms. The van der Waals surface area contributed by atoms with Crippen LogP contribution >= 0.6 is 15.9 Å². The third-order valence-corrected chi connectivity index (χ3v) is 4.89. The average Bonchev–Trinajstić information content (AvgIpc) is 2.32. The molecule has 0 saturated heterocycles. The van der Waals surface area contributed by atoms with E-state index in [9.17, 15) is 17.9 Å². The zero-order valence-corrected chi connectivity index (χ0v) is 12.9. The smallest absolute Gasteiger partial charge is 0.243 e. The number of hydrogen-bond acceptors (Lipinski definition) is 4. The maximum Gasteiger partial charge on any atom is 0.243 e. The molecular formula is C11H15BrFNO4S. The van der Waals surface area contributed by atoms with Crippen LogP contribution < -0.4 is 0 Å². The molecule has 0 bridgehead atoms. The highest BCUT2D eigenvalue weighted by atomic mass is 79.9. The van der Waals surface area contributed by atoms with Crippen LogP contribution in [0.2, 0.25) is 0 Å². The molecule has 0 saturated carbocycles. The fourth-order valence-electron chi connectivity index (χ4n) is 1.46. The zero-order valence-electron chi connectivity index (χ0n) is 10.5. The lowest BCUT2D eigenvalue weighted by atomic mass is 10.3. The second-order valence-corrected chi connectivity index (χ2v) is 6.87. The van der Waals surface area contributed by atoms with E-state index in [1.165, 1.54) is 26.3 Å². The zero-order chi connectivity index (χ0) is 14.6. The van der Waals surface area contributed by atoms with Gasteiger partial charge in [0.05, 0.1) is 22.1 Å². The number of methoxy groups -OCH3 is 1. The van der Waals surface area contributed by atoms with Gasteiger partial charge < -0.3 is 9.84 Å². The minimum atomic E-state index is -3.83. The molecule has 0 aliphatic rings. The Bertz CT molecular complexity index is 537. The molecule has 1 atom stereocenters. The van der Waals surface area contributed by atoms with E-state index in [2.05, 4.69) is 15.9 Å². The standard InChI is InChI=1S/C11H15BrFNO4S/c1-14(6-8(15)7-18-2)19(16,17)9-3-4-10(12)11(13)5-9/h3-5,8,15H,6-7H2,1-2H3.